The van der Waals surface area contributed by atoms with Crippen molar-refractivity contribution in [3.63, 3.8) is 0 Å². The van der Waals surface area contributed by atoms with Crippen molar-refractivity contribution >= 4 is 22.6 Å². The number of nitrogens with one attached hydrogen (secondary N) is 2. The number of aromatic nitrogens is 2. The number of fused-ring (bicyclic) bond motifs is 1. The number of methoxy groups -OCH3 is 1. The van der Waals surface area contributed by atoms with Gasteiger partial charge in [0, 0.05) is 25.9 Å². The summed E-state index contributed by atoms with van der Waals surface area (Å²) in [7, 11) is 1.56. The monoisotopic (exact) mass is 408 g/mol. The number of likely N-dealkylation sites (tertiary alicyclic amines) is 1. The first-order valence-corrected chi connectivity index (χ1v) is 10.3. The van der Waals surface area contributed by atoms with Crippen LogP contribution in [0.5, 0.6) is 5.75 Å². The van der Waals surface area contributed by atoms with Crippen molar-refractivity contribution in [2.24, 2.45) is 0 Å². The predicted molar refractivity (Wildman–Crippen MR) is 117 cm³/mol. The Hall–Kier alpha value is -2.90. The van der Waals surface area contributed by atoms with Crippen LogP contribution in [0.15, 0.2) is 42.5 Å². The number of β-amino-alcohol motifs (C(OH)–C–C–N with tert-alkyl or cyclic N) is 1. The minimum absolute atomic E-state index is 0.176. The lowest BCUT2D eigenvalue weighted by Crippen LogP contribution is -2.37. The molecule has 0 saturated carbocycles. The fourth-order valence-electron chi connectivity index (χ4n) is 4.18. The SMILES string of the molecule is COc1ccc(C(O)CN2CCCC(c3nc4ccccc4[nH]3)C2)cc1NC(C)=O. The molecule has 30 heavy (non-hydrogen) atoms. The number of rotatable bonds is 6. The standard InChI is InChI=1S/C23H28N4O3/c1-15(28)24-20-12-16(9-10-22(20)30-2)21(29)14-27-11-5-6-17(13-27)23-25-18-7-3-4-8-19(18)26-23/h3-4,7-10,12,17,21,29H,5-6,11,13-14H2,1-2H3,(H,24,28)(H,25,26). The van der Waals surface area contributed by atoms with Crippen LogP contribution in [-0.2, 0) is 4.79 Å². The molecule has 4 rings (SSSR count). The van der Waals surface area contributed by atoms with Gasteiger partial charge in [-0.15, -0.1) is 0 Å². The molecule has 2 unspecified atom stereocenters. The highest BCUT2D eigenvalue weighted by Gasteiger charge is 2.26. The largest absolute Gasteiger partial charge is 0.495 e. The summed E-state index contributed by atoms with van der Waals surface area (Å²) in [4.78, 5) is 22.0. The Morgan fingerprint density at radius 3 is 2.97 bits per heavy atom. The number of aliphatic hydroxyl groups excluding tert-OH is 1. The number of benzene rings is 2. The normalized spacial score (nSPS) is 18.3. The number of ether oxygens (including phenoxy) is 1. The molecule has 2 heterocycles. The number of H-pyrrole nitrogens is 1. The Labute approximate surface area is 176 Å². The van der Waals surface area contributed by atoms with Crippen LogP contribution < -0.4 is 10.1 Å². The third kappa shape index (κ3) is 4.47. The Balaban J connectivity index is 1.45. The molecular weight excluding hydrogens is 380 g/mol. The highest BCUT2D eigenvalue weighted by atomic mass is 16.5. The predicted octanol–water partition coefficient (Wildman–Crippen LogP) is 3.44. The first-order chi connectivity index (χ1) is 14.5. The van der Waals surface area contributed by atoms with E-state index in [2.05, 4.69) is 15.2 Å². The Morgan fingerprint density at radius 1 is 1.37 bits per heavy atom. The van der Waals surface area contributed by atoms with Gasteiger partial charge in [0.05, 0.1) is 29.9 Å². The average molecular weight is 409 g/mol. The van der Waals surface area contributed by atoms with Crippen LogP contribution in [0.1, 0.15) is 43.2 Å². The second kappa shape index (κ2) is 8.85. The van der Waals surface area contributed by atoms with Crippen molar-refractivity contribution in [3.05, 3.63) is 53.9 Å². The molecule has 7 nitrogen and oxygen atoms in total. The number of anilines is 1. The van der Waals surface area contributed by atoms with Crippen molar-refractivity contribution in [1.29, 1.82) is 0 Å². The molecule has 1 aromatic heterocycles. The molecule has 3 N–H and O–H groups in total. The summed E-state index contributed by atoms with van der Waals surface area (Å²) in [6.45, 7) is 3.78. The molecule has 0 radical (unpaired) electrons. The molecule has 7 heteroatoms. The first-order valence-electron chi connectivity index (χ1n) is 10.3. The minimum atomic E-state index is -0.655. The zero-order valence-corrected chi connectivity index (χ0v) is 17.4. The van der Waals surface area contributed by atoms with Gasteiger partial charge in [0.15, 0.2) is 0 Å². The van der Waals surface area contributed by atoms with Crippen LogP contribution in [-0.4, -0.2) is 52.6 Å². The quantitative estimate of drug-likeness (QED) is 0.581. The van der Waals surface area contributed by atoms with Crippen LogP contribution in [0.3, 0.4) is 0 Å². The number of amides is 1. The van der Waals surface area contributed by atoms with Gasteiger partial charge in [0.2, 0.25) is 5.91 Å². The van der Waals surface area contributed by atoms with E-state index in [4.69, 9.17) is 9.72 Å². The van der Waals surface area contributed by atoms with E-state index >= 15 is 0 Å². The first kappa shape index (κ1) is 20.4. The summed E-state index contributed by atoms with van der Waals surface area (Å²) in [5.41, 5.74) is 3.38. The lowest BCUT2D eigenvalue weighted by Gasteiger charge is -2.33. The van der Waals surface area contributed by atoms with Crippen LogP contribution in [0.2, 0.25) is 0 Å². The lowest BCUT2D eigenvalue weighted by atomic mass is 9.96. The molecule has 0 bridgehead atoms. The molecule has 158 valence electrons. The molecule has 1 fully saturated rings. The Kier molecular flexibility index (Phi) is 6.01. The van der Waals surface area contributed by atoms with Crippen LogP contribution in [0.25, 0.3) is 11.0 Å². The summed E-state index contributed by atoms with van der Waals surface area (Å²) in [6.07, 6.45) is 1.49. The molecule has 2 aromatic carbocycles. The average Bonchev–Trinajstić information content (AvgIpc) is 3.18. The van der Waals surface area contributed by atoms with Gasteiger partial charge >= 0.3 is 0 Å². The maximum absolute atomic E-state index is 11.5. The van der Waals surface area contributed by atoms with Crippen LogP contribution in [0, 0.1) is 0 Å². The highest BCUT2D eigenvalue weighted by Crippen LogP contribution is 2.31. The van der Waals surface area contributed by atoms with Crippen LogP contribution in [0.4, 0.5) is 5.69 Å². The molecule has 0 aliphatic carbocycles. The van der Waals surface area contributed by atoms with Gasteiger partial charge in [0.25, 0.3) is 0 Å². The highest BCUT2D eigenvalue weighted by molar-refractivity contribution is 5.90. The van der Waals surface area contributed by atoms with E-state index in [1.54, 1.807) is 19.2 Å². The molecule has 0 spiro atoms. The Bertz CT molecular complexity index is 999. The van der Waals surface area contributed by atoms with E-state index in [0.717, 1.165) is 48.4 Å². The van der Waals surface area contributed by atoms with Crippen molar-refractivity contribution in [2.45, 2.75) is 31.8 Å². The zero-order chi connectivity index (χ0) is 21.1. The Morgan fingerprint density at radius 2 is 2.20 bits per heavy atom. The third-order valence-corrected chi connectivity index (χ3v) is 5.65. The maximum atomic E-state index is 11.5. The summed E-state index contributed by atoms with van der Waals surface area (Å²) >= 11 is 0. The lowest BCUT2D eigenvalue weighted by molar-refractivity contribution is -0.114. The summed E-state index contributed by atoms with van der Waals surface area (Å²) in [5.74, 6) is 1.74. The fourth-order valence-corrected chi connectivity index (χ4v) is 4.18. The number of carbonyl (C=O) groups excluding carboxylic acids is 1. The number of hydrogen-bond donors (Lipinski definition) is 3. The van der Waals surface area contributed by atoms with Gasteiger partial charge in [-0.3, -0.25) is 9.69 Å². The summed E-state index contributed by atoms with van der Waals surface area (Å²) in [5, 5.41) is 13.6. The van der Waals surface area contributed by atoms with E-state index in [-0.39, 0.29) is 5.91 Å². The molecule has 1 aliphatic rings. The number of para-hydroxylation sites is 2. The number of imidazole rings is 1. The number of nitrogens with zero attached hydrogens (tertiary/aromatic N) is 2. The van der Waals surface area contributed by atoms with Crippen molar-refractivity contribution in [1.82, 2.24) is 14.9 Å². The van der Waals surface area contributed by atoms with Gasteiger partial charge < -0.3 is 20.1 Å². The third-order valence-electron chi connectivity index (χ3n) is 5.65. The maximum Gasteiger partial charge on any atom is 0.221 e. The van der Waals surface area contributed by atoms with Gasteiger partial charge in [-0.05, 0) is 49.2 Å². The fraction of sp³-hybridized carbons (Fsp3) is 0.391. The topological polar surface area (TPSA) is 90.5 Å². The molecule has 2 atom stereocenters. The second-order valence-electron chi connectivity index (χ2n) is 7.89. The zero-order valence-electron chi connectivity index (χ0n) is 17.4. The van der Waals surface area contributed by atoms with Crippen molar-refractivity contribution in [2.75, 3.05) is 32.1 Å². The molecule has 1 aliphatic heterocycles. The summed E-state index contributed by atoms with van der Waals surface area (Å²) < 4.78 is 5.30. The van der Waals surface area contributed by atoms with Gasteiger partial charge in [-0.2, -0.15) is 0 Å². The smallest absolute Gasteiger partial charge is 0.221 e. The van der Waals surface area contributed by atoms with Gasteiger partial charge in [-0.25, -0.2) is 4.98 Å². The second-order valence-corrected chi connectivity index (χ2v) is 7.89. The number of aromatic amines is 1. The molecule has 1 amide bonds. The van der Waals surface area contributed by atoms with Crippen LogP contribution >= 0.6 is 0 Å². The van der Waals surface area contributed by atoms with Crippen molar-refractivity contribution in [3.8, 4) is 5.75 Å². The molecule has 3 aromatic rings. The van der Waals surface area contributed by atoms with E-state index in [9.17, 15) is 9.90 Å². The molecular formula is C23H28N4O3. The number of carbonyl (C=O) groups is 1. The van der Waals surface area contributed by atoms with E-state index in [0.29, 0.717) is 23.9 Å². The minimum Gasteiger partial charge on any atom is -0.495 e. The van der Waals surface area contributed by atoms with E-state index in [1.165, 1.54) is 6.92 Å². The van der Waals surface area contributed by atoms with E-state index < -0.39 is 6.10 Å². The number of hydrogen-bond acceptors (Lipinski definition) is 5. The number of aliphatic hydroxyl groups is 1. The van der Waals surface area contributed by atoms with E-state index in [1.807, 2.05) is 30.3 Å². The molecule has 1 saturated heterocycles. The number of piperidine rings is 1. The summed E-state index contributed by atoms with van der Waals surface area (Å²) in [6, 6.07) is 13.5. The van der Waals surface area contributed by atoms with Gasteiger partial charge in [0.1, 0.15) is 11.6 Å². The van der Waals surface area contributed by atoms with Crippen molar-refractivity contribution < 1.29 is 14.6 Å². The van der Waals surface area contributed by atoms with Gasteiger partial charge in [-0.1, -0.05) is 18.2 Å².